The lowest BCUT2D eigenvalue weighted by Gasteiger charge is -2.16. The summed E-state index contributed by atoms with van der Waals surface area (Å²) in [5.74, 6) is 1.62. The van der Waals surface area contributed by atoms with Gasteiger partial charge in [-0.2, -0.15) is 9.36 Å². The van der Waals surface area contributed by atoms with Crippen LogP contribution < -0.4 is 4.74 Å². The summed E-state index contributed by atoms with van der Waals surface area (Å²) in [7, 11) is 2.15. The zero-order valence-corrected chi connectivity index (χ0v) is 14.3. The Bertz CT molecular complexity index is 610. The molecule has 0 N–H and O–H groups in total. The van der Waals surface area contributed by atoms with Gasteiger partial charge in [0, 0.05) is 18.1 Å². The van der Waals surface area contributed by atoms with Gasteiger partial charge in [-0.05, 0) is 63.5 Å². The average Bonchev–Trinajstić information content (AvgIpc) is 2.86. The Morgan fingerprint density at radius 2 is 1.95 bits per heavy atom. The number of aromatic nitrogens is 2. The second-order valence-electron chi connectivity index (χ2n) is 5.40. The predicted octanol–water partition coefficient (Wildman–Crippen LogP) is 3.75. The van der Waals surface area contributed by atoms with Gasteiger partial charge in [0.2, 0.25) is 0 Å². The van der Waals surface area contributed by atoms with Crippen molar-refractivity contribution in [2.75, 3.05) is 20.1 Å². The van der Waals surface area contributed by atoms with E-state index in [4.69, 9.17) is 4.74 Å². The molecule has 0 fully saturated rings. The molecule has 2 rings (SSSR count). The Morgan fingerprint density at radius 3 is 2.57 bits per heavy atom. The van der Waals surface area contributed by atoms with Gasteiger partial charge in [0.05, 0.1) is 0 Å². The third-order valence-corrected chi connectivity index (χ3v) is 4.33. The summed E-state index contributed by atoms with van der Waals surface area (Å²) in [5.41, 5.74) is 3.79. The van der Waals surface area contributed by atoms with Gasteiger partial charge in [-0.25, -0.2) is 0 Å². The average molecular weight is 305 g/mol. The molecular weight excluding hydrogens is 282 g/mol. The smallest absolute Gasteiger partial charge is 0.298 e. The van der Waals surface area contributed by atoms with Crippen molar-refractivity contribution in [3.63, 3.8) is 0 Å². The van der Waals surface area contributed by atoms with Crippen LogP contribution in [0.4, 0.5) is 0 Å². The van der Waals surface area contributed by atoms with Crippen molar-refractivity contribution in [3.05, 3.63) is 34.6 Å². The van der Waals surface area contributed by atoms with Crippen molar-refractivity contribution in [1.29, 1.82) is 0 Å². The van der Waals surface area contributed by atoms with E-state index in [2.05, 4.69) is 54.2 Å². The van der Waals surface area contributed by atoms with Crippen LogP contribution in [0.15, 0.2) is 12.1 Å². The largest absolute Gasteiger partial charge is 0.430 e. The van der Waals surface area contributed by atoms with Crippen LogP contribution in [0.1, 0.15) is 29.4 Å². The first-order chi connectivity index (χ1) is 9.99. The molecule has 0 radical (unpaired) electrons. The minimum Gasteiger partial charge on any atom is -0.430 e. The van der Waals surface area contributed by atoms with Crippen molar-refractivity contribution >= 4 is 11.5 Å². The van der Waals surface area contributed by atoms with Crippen LogP contribution in [0.3, 0.4) is 0 Å². The maximum atomic E-state index is 5.85. The normalized spacial score (nSPS) is 11.1. The molecule has 1 aromatic carbocycles. The van der Waals surface area contributed by atoms with E-state index in [1.165, 1.54) is 22.7 Å². The minimum atomic E-state index is 0.605. The van der Waals surface area contributed by atoms with Gasteiger partial charge < -0.3 is 9.64 Å². The number of likely N-dealkylation sites (N-methyl/N-ethyl adjacent to an activating group) is 1. The van der Waals surface area contributed by atoms with Crippen LogP contribution in [0.5, 0.6) is 10.9 Å². The molecule has 21 heavy (non-hydrogen) atoms. The van der Waals surface area contributed by atoms with Crippen LogP contribution in [0, 0.1) is 20.8 Å². The summed E-state index contributed by atoms with van der Waals surface area (Å²) in [5, 5.41) is 0.605. The van der Waals surface area contributed by atoms with E-state index < -0.39 is 0 Å². The lowest BCUT2D eigenvalue weighted by atomic mass is 10.0. The molecule has 0 saturated heterocycles. The molecule has 0 amide bonds. The highest BCUT2D eigenvalue weighted by Gasteiger charge is 2.09. The van der Waals surface area contributed by atoms with Gasteiger partial charge in [0.1, 0.15) is 11.6 Å². The molecule has 4 nitrogen and oxygen atoms in total. The maximum absolute atomic E-state index is 5.85. The molecule has 1 heterocycles. The highest BCUT2D eigenvalue weighted by Crippen LogP contribution is 2.29. The first-order valence-corrected chi connectivity index (χ1v) is 8.03. The summed E-state index contributed by atoms with van der Waals surface area (Å²) in [6.07, 6.45) is 1.06. The summed E-state index contributed by atoms with van der Waals surface area (Å²) in [6, 6.07) is 4.33. The van der Waals surface area contributed by atoms with Crippen LogP contribution in [-0.2, 0) is 6.42 Å². The molecule has 0 unspecified atom stereocenters. The van der Waals surface area contributed by atoms with E-state index in [0.717, 1.165) is 36.6 Å². The molecule has 0 bridgehead atoms. The molecule has 0 saturated carbocycles. The second-order valence-corrected chi connectivity index (χ2v) is 6.11. The van der Waals surface area contributed by atoms with Crippen LogP contribution >= 0.6 is 11.5 Å². The number of ether oxygens (including phenoxy) is 1. The van der Waals surface area contributed by atoms with Crippen LogP contribution in [0.25, 0.3) is 0 Å². The molecule has 2 aromatic rings. The van der Waals surface area contributed by atoms with Crippen molar-refractivity contribution in [3.8, 4) is 10.9 Å². The fourth-order valence-electron chi connectivity index (χ4n) is 2.11. The lowest BCUT2D eigenvalue weighted by molar-refractivity contribution is 0.357. The van der Waals surface area contributed by atoms with Gasteiger partial charge in [0.25, 0.3) is 5.19 Å². The number of rotatable bonds is 6. The topological polar surface area (TPSA) is 38.2 Å². The third kappa shape index (κ3) is 4.25. The number of benzene rings is 1. The molecule has 0 atom stereocenters. The van der Waals surface area contributed by atoms with Gasteiger partial charge >= 0.3 is 0 Å². The Kier molecular flexibility index (Phi) is 5.31. The Labute approximate surface area is 131 Å². The fourth-order valence-corrected chi connectivity index (χ4v) is 2.66. The third-order valence-electron chi connectivity index (χ3n) is 3.64. The maximum Gasteiger partial charge on any atom is 0.298 e. The van der Waals surface area contributed by atoms with Gasteiger partial charge in [-0.3, -0.25) is 0 Å². The standard InChI is InChI=1S/C16H23N3OS/c1-6-19(5)8-7-14-9-12(3)15(10-11(14)2)20-16-17-13(4)18-21-16/h9-10H,6-8H2,1-5H3. The molecule has 0 aliphatic rings. The lowest BCUT2D eigenvalue weighted by Crippen LogP contribution is -2.20. The highest BCUT2D eigenvalue weighted by atomic mass is 32.1. The molecular formula is C16H23N3OS. The molecule has 5 heteroatoms. The van der Waals surface area contributed by atoms with Crippen molar-refractivity contribution in [2.45, 2.75) is 34.1 Å². The zero-order chi connectivity index (χ0) is 15.4. The van der Waals surface area contributed by atoms with E-state index in [-0.39, 0.29) is 0 Å². The van der Waals surface area contributed by atoms with Crippen molar-refractivity contribution < 1.29 is 4.74 Å². The second kappa shape index (κ2) is 7.00. The highest BCUT2D eigenvalue weighted by molar-refractivity contribution is 7.07. The van der Waals surface area contributed by atoms with E-state index >= 15 is 0 Å². The monoisotopic (exact) mass is 305 g/mol. The Balaban J connectivity index is 2.12. The van der Waals surface area contributed by atoms with E-state index in [1.807, 2.05) is 6.92 Å². The summed E-state index contributed by atoms with van der Waals surface area (Å²) >= 11 is 1.29. The summed E-state index contributed by atoms with van der Waals surface area (Å²) in [6.45, 7) is 10.4. The number of hydrogen-bond donors (Lipinski definition) is 0. The quantitative estimate of drug-likeness (QED) is 0.814. The summed E-state index contributed by atoms with van der Waals surface area (Å²) < 4.78 is 9.99. The summed E-state index contributed by atoms with van der Waals surface area (Å²) in [4.78, 5) is 6.57. The van der Waals surface area contributed by atoms with Crippen LogP contribution in [0.2, 0.25) is 0 Å². The Hall–Kier alpha value is -1.46. The fraction of sp³-hybridized carbons (Fsp3) is 0.500. The Morgan fingerprint density at radius 1 is 1.19 bits per heavy atom. The first kappa shape index (κ1) is 15.9. The molecule has 0 spiro atoms. The van der Waals surface area contributed by atoms with Crippen molar-refractivity contribution in [1.82, 2.24) is 14.3 Å². The number of hydrogen-bond acceptors (Lipinski definition) is 5. The van der Waals surface area contributed by atoms with Crippen LogP contribution in [-0.4, -0.2) is 34.4 Å². The number of nitrogens with zero attached hydrogens (tertiary/aromatic N) is 3. The first-order valence-electron chi connectivity index (χ1n) is 7.26. The van der Waals surface area contributed by atoms with Gasteiger partial charge in [-0.15, -0.1) is 0 Å². The minimum absolute atomic E-state index is 0.605. The van der Waals surface area contributed by atoms with E-state index in [1.54, 1.807) is 0 Å². The predicted molar refractivity (Wildman–Crippen MR) is 87.5 cm³/mol. The van der Waals surface area contributed by atoms with Gasteiger partial charge in [-0.1, -0.05) is 13.0 Å². The molecule has 114 valence electrons. The SMILES string of the molecule is CCN(C)CCc1cc(C)c(Oc2nc(C)ns2)cc1C. The van der Waals surface area contributed by atoms with Crippen molar-refractivity contribution in [2.24, 2.45) is 0 Å². The molecule has 0 aliphatic heterocycles. The van der Waals surface area contributed by atoms with E-state index in [0.29, 0.717) is 5.19 Å². The van der Waals surface area contributed by atoms with Gasteiger partial charge in [0.15, 0.2) is 0 Å². The molecule has 1 aromatic heterocycles. The zero-order valence-electron chi connectivity index (χ0n) is 13.4. The molecule has 0 aliphatic carbocycles. The number of aryl methyl sites for hydroxylation is 3. The van der Waals surface area contributed by atoms with E-state index in [9.17, 15) is 0 Å².